The van der Waals surface area contributed by atoms with E-state index in [-0.39, 0.29) is 5.56 Å². The van der Waals surface area contributed by atoms with Crippen LogP contribution in [0.5, 0.6) is 0 Å². The van der Waals surface area contributed by atoms with Gasteiger partial charge >= 0.3 is 0 Å². The van der Waals surface area contributed by atoms with E-state index in [1.54, 1.807) is 12.1 Å². The molecule has 0 amide bonds. The van der Waals surface area contributed by atoms with Crippen molar-refractivity contribution in [3.8, 4) is 23.6 Å². The van der Waals surface area contributed by atoms with Crippen molar-refractivity contribution in [2.45, 2.75) is 31.7 Å². The van der Waals surface area contributed by atoms with Crippen LogP contribution in [0.1, 0.15) is 36.6 Å². The Bertz CT molecular complexity index is 709. The second kappa shape index (κ2) is 5.21. The fourth-order valence-electron chi connectivity index (χ4n) is 2.43. The third kappa shape index (κ3) is 2.49. The molecule has 2 N–H and O–H groups in total. The van der Waals surface area contributed by atoms with Gasteiger partial charge in [0.1, 0.15) is 17.3 Å². The summed E-state index contributed by atoms with van der Waals surface area (Å²) in [4.78, 5) is 4.56. The van der Waals surface area contributed by atoms with E-state index in [0.29, 0.717) is 29.5 Å². The molecule has 0 bridgehead atoms. The van der Waals surface area contributed by atoms with Gasteiger partial charge in [-0.05, 0) is 18.9 Å². The third-order valence-corrected chi connectivity index (χ3v) is 3.64. The summed E-state index contributed by atoms with van der Waals surface area (Å²) in [5.41, 5.74) is 7.23. The van der Waals surface area contributed by atoms with E-state index in [9.17, 15) is 8.78 Å². The van der Waals surface area contributed by atoms with Gasteiger partial charge in [0.25, 0.3) is 6.43 Å². The average molecular weight is 287 g/mol. The molecule has 0 aliphatic heterocycles. The third-order valence-electron chi connectivity index (χ3n) is 3.64. The SMILES string of the molecule is C#CCn1c(C2CC2)nc(-c2cccc(C(F)F)c2)c1N. The zero-order chi connectivity index (χ0) is 15.0. The lowest BCUT2D eigenvalue weighted by Crippen LogP contribution is -2.05. The van der Waals surface area contributed by atoms with Crippen LogP contribution in [0.3, 0.4) is 0 Å². The topological polar surface area (TPSA) is 43.8 Å². The van der Waals surface area contributed by atoms with Crippen LogP contribution in [0.2, 0.25) is 0 Å². The molecular formula is C16H15F2N3. The number of rotatable bonds is 4. The van der Waals surface area contributed by atoms with Crippen LogP contribution >= 0.6 is 0 Å². The minimum absolute atomic E-state index is 0.0358. The van der Waals surface area contributed by atoms with Crippen molar-refractivity contribution < 1.29 is 8.78 Å². The lowest BCUT2D eigenvalue weighted by atomic mass is 10.1. The van der Waals surface area contributed by atoms with Crippen LogP contribution in [0, 0.1) is 12.3 Å². The lowest BCUT2D eigenvalue weighted by Gasteiger charge is -2.05. The first-order chi connectivity index (χ1) is 10.1. The Morgan fingerprint density at radius 1 is 1.43 bits per heavy atom. The van der Waals surface area contributed by atoms with Crippen LogP contribution in [0.15, 0.2) is 24.3 Å². The Kier molecular flexibility index (Phi) is 3.38. The highest BCUT2D eigenvalue weighted by Crippen LogP contribution is 2.42. The fourth-order valence-corrected chi connectivity index (χ4v) is 2.43. The number of anilines is 1. The van der Waals surface area contributed by atoms with Crippen molar-refractivity contribution in [3.63, 3.8) is 0 Å². The second-order valence-electron chi connectivity index (χ2n) is 5.19. The monoisotopic (exact) mass is 287 g/mol. The number of nitrogen functional groups attached to an aromatic ring is 1. The molecule has 3 nitrogen and oxygen atoms in total. The van der Waals surface area contributed by atoms with E-state index in [0.717, 1.165) is 18.7 Å². The molecule has 1 heterocycles. The Morgan fingerprint density at radius 3 is 2.81 bits per heavy atom. The maximum absolute atomic E-state index is 12.8. The molecule has 21 heavy (non-hydrogen) atoms. The second-order valence-corrected chi connectivity index (χ2v) is 5.19. The minimum Gasteiger partial charge on any atom is -0.383 e. The van der Waals surface area contributed by atoms with Crippen LogP contribution < -0.4 is 5.73 Å². The standard InChI is InChI=1S/C16H15F2N3/c1-2-8-21-15(19)13(20-16(21)10-6-7-10)11-4-3-5-12(9-11)14(17)18/h1,3-5,9-10,14H,6-8,19H2. The van der Waals surface area contributed by atoms with Crippen molar-refractivity contribution >= 4 is 5.82 Å². The molecule has 0 radical (unpaired) electrons. The van der Waals surface area contributed by atoms with Gasteiger partial charge in [0.2, 0.25) is 0 Å². The summed E-state index contributed by atoms with van der Waals surface area (Å²) in [6.45, 7) is 0.346. The molecular weight excluding hydrogens is 272 g/mol. The number of aromatic nitrogens is 2. The minimum atomic E-state index is -2.51. The Balaban J connectivity index is 2.08. The first-order valence-corrected chi connectivity index (χ1v) is 6.79. The van der Waals surface area contributed by atoms with Crippen molar-refractivity contribution in [1.82, 2.24) is 9.55 Å². The number of nitrogens with zero attached hydrogens (tertiary/aromatic N) is 2. The van der Waals surface area contributed by atoms with Gasteiger partial charge in [0, 0.05) is 17.0 Å². The van der Waals surface area contributed by atoms with Gasteiger partial charge in [-0.3, -0.25) is 0 Å². The van der Waals surface area contributed by atoms with Gasteiger partial charge in [-0.2, -0.15) is 0 Å². The van der Waals surface area contributed by atoms with Crippen LogP contribution in [-0.2, 0) is 6.54 Å². The molecule has 0 unspecified atom stereocenters. The van der Waals surface area contributed by atoms with E-state index in [1.165, 1.54) is 12.1 Å². The molecule has 3 rings (SSSR count). The van der Waals surface area contributed by atoms with Gasteiger partial charge in [0.05, 0.1) is 6.54 Å². The summed E-state index contributed by atoms with van der Waals surface area (Å²) in [7, 11) is 0. The maximum Gasteiger partial charge on any atom is 0.263 e. The molecule has 108 valence electrons. The highest BCUT2D eigenvalue weighted by molar-refractivity contribution is 5.72. The molecule has 0 saturated heterocycles. The maximum atomic E-state index is 12.8. The zero-order valence-electron chi connectivity index (χ0n) is 11.4. The Labute approximate surface area is 121 Å². The number of alkyl halides is 2. The van der Waals surface area contributed by atoms with Crippen LogP contribution in [-0.4, -0.2) is 9.55 Å². The summed E-state index contributed by atoms with van der Waals surface area (Å²) in [6, 6.07) is 6.15. The first-order valence-electron chi connectivity index (χ1n) is 6.79. The first kappa shape index (κ1) is 13.6. The van der Waals surface area contributed by atoms with E-state index in [2.05, 4.69) is 10.9 Å². The van der Waals surface area contributed by atoms with E-state index >= 15 is 0 Å². The predicted molar refractivity (Wildman–Crippen MR) is 77.8 cm³/mol. The molecule has 1 fully saturated rings. The molecule has 1 aliphatic carbocycles. The highest BCUT2D eigenvalue weighted by Gasteiger charge is 2.30. The van der Waals surface area contributed by atoms with Crippen molar-refractivity contribution in [2.75, 3.05) is 5.73 Å². The molecule has 0 spiro atoms. The fraction of sp³-hybridized carbons (Fsp3) is 0.312. The van der Waals surface area contributed by atoms with E-state index < -0.39 is 6.43 Å². The summed E-state index contributed by atoms with van der Waals surface area (Å²) in [5, 5.41) is 0. The van der Waals surface area contributed by atoms with Gasteiger partial charge in [-0.1, -0.05) is 24.1 Å². The number of hydrogen-bond acceptors (Lipinski definition) is 2. The predicted octanol–water partition coefficient (Wildman–Crippen LogP) is 3.58. The number of hydrogen-bond donors (Lipinski definition) is 1. The molecule has 0 atom stereocenters. The van der Waals surface area contributed by atoms with Gasteiger partial charge < -0.3 is 10.3 Å². The van der Waals surface area contributed by atoms with Gasteiger partial charge in [0.15, 0.2) is 0 Å². The largest absolute Gasteiger partial charge is 0.383 e. The van der Waals surface area contributed by atoms with Crippen molar-refractivity contribution in [2.24, 2.45) is 0 Å². The van der Waals surface area contributed by atoms with Crippen molar-refractivity contribution in [1.29, 1.82) is 0 Å². The summed E-state index contributed by atoms with van der Waals surface area (Å²) < 4.78 is 27.5. The number of benzene rings is 1. The van der Waals surface area contributed by atoms with E-state index in [1.807, 2.05) is 4.57 Å². The summed E-state index contributed by atoms with van der Waals surface area (Å²) in [6.07, 6.45) is 5.00. The summed E-state index contributed by atoms with van der Waals surface area (Å²) >= 11 is 0. The smallest absolute Gasteiger partial charge is 0.263 e. The molecule has 1 saturated carbocycles. The van der Waals surface area contributed by atoms with Gasteiger partial charge in [-0.25, -0.2) is 13.8 Å². The molecule has 2 aromatic rings. The Hall–Kier alpha value is -2.35. The molecule has 1 aromatic carbocycles. The number of imidazole rings is 1. The van der Waals surface area contributed by atoms with Crippen LogP contribution in [0.25, 0.3) is 11.3 Å². The van der Waals surface area contributed by atoms with Crippen molar-refractivity contribution in [3.05, 3.63) is 35.7 Å². The quantitative estimate of drug-likeness (QED) is 0.873. The summed E-state index contributed by atoms with van der Waals surface area (Å²) in [5.74, 6) is 4.26. The van der Waals surface area contributed by atoms with Gasteiger partial charge in [-0.15, -0.1) is 6.42 Å². The number of nitrogens with two attached hydrogens (primary N) is 1. The average Bonchev–Trinajstić information content (AvgIpc) is 3.26. The highest BCUT2D eigenvalue weighted by atomic mass is 19.3. The Morgan fingerprint density at radius 2 is 2.19 bits per heavy atom. The van der Waals surface area contributed by atoms with E-state index in [4.69, 9.17) is 12.2 Å². The van der Waals surface area contributed by atoms with Crippen LogP contribution in [0.4, 0.5) is 14.6 Å². The molecule has 1 aliphatic rings. The normalized spacial score (nSPS) is 14.4. The number of halogens is 2. The lowest BCUT2D eigenvalue weighted by molar-refractivity contribution is 0.151. The molecule has 5 heteroatoms. The number of terminal acetylenes is 1. The molecule has 1 aromatic heterocycles. The zero-order valence-corrected chi connectivity index (χ0v) is 11.4.